The first kappa shape index (κ1) is 11.9. The quantitative estimate of drug-likeness (QED) is 0.858. The van der Waals surface area contributed by atoms with Crippen LogP contribution in [0.2, 0.25) is 0 Å². The van der Waals surface area contributed by atoms with Crippen LogP contribution in [0.3, 0.4) is 0 Å². The van der Waals surface area contributed by atoms with Crippen LogP contribution in [-0.2, 0) is 6.61 Å². The molecule has 1 aromatic carbocycles. The zero-order valence-electron chi connectivity index (χ0n) is 9.54. The molecule has 3 N–H and O–H groups in total. The van der Waals surface area contributed by atoms with Gasteiger partial charge >= 0.3 is 5.97 Å². The Morgan fingerprint density at radius 1 is 1.33 bits per heavy atom. The summed E-state index contributed by atoms with van der Waals surface area (Å²) in [6.07, 6.45) is 1.22. The molecule has 5 heteroatoms. The standard InChI is InChI=1S/C13H12N2O3/c14-11-6-10(13(16)17)7-15-12(11)18-8-9-4-2-1-3-5-9/h1-7H,8,14H2,(H,16,17). The Bertz CT molecular complexity index is 555. The van der Waals surface area contributed by atoms with Gasteiger partial charge in [0.2, 0.25) is 5.88 Å². The van der Waals surface area contributed by atoms with Gasteiger partial charge in [-0.1, -0.05) is 30.3 Å². The number of ether oxygens (including phenoxy) is 1. The van der Waals surface area contributed by atoms with Crippen LogP contribution < -0.4 is 10.5 Å². The van der Waals surface area contributed by atoms with Gasteiger partial charge in [-0.2, -0.15) is 0 Å². The predicted molar refractivity (Wildman–Crippen MR) is 66.4 cm³/mol. The molecule has 0 bridgehead atoms. The minimum absolute atomic E-state index is 0.0413. The third-order valence-corrected chi connectivity index (χ3v) is 2.34. The van der Waals surface area contributed by atoms with E-state index in [0.29, 0.717) is 6.61 Å². The van der Waals surface area contributed by atoms with Gasteiger partial charge in [0.15, 0.2) is 0 Å². The van der Waals surface area contributed by atoms with E-state index in [4.69, 9.17) is 15.6 Å². The van der Waals surface area contributed by atoms with Crippen molar-refractivity contribution in [1.29, 1.82) is 0 Å². The number of nitrogens with zero attached hydrogens (tertiary/aromatic N) is 1. The number of aromatic carboxylic acids is 1. The largest absolute Gasteiger partial charge is 0.478 e. The molecule has 2 rings (SSSR count). The summed E-state index contributed by atoms with van der Waals surface area (Å²) in [6, 6.07) is 10.9. The first-order valence-corrected chi connectivity index (χ1v) is 5.32. The number of benzene rings is 1. The third kappa shape index (κ3) is 2.76. The normalized spacial score (nSPS) is 10.0. The van der Waals surface area contributed by atoms with E-state index in [9.17, 15) is 4.79 Å². The molecule has 0 aliphatic heterocycles. The smallest absolute Gasteiger partial charge is 0.337 e. The van der Waals surface area contributed by atoms with Crippen LogP contribution in [0.4, 0.5) is 5.69 Å². The molecule has 5 nitrogen and oxygen atoms in total. The Balaban J connectivity index is 2.08. The summed E-state index contributed by atoms with van der Waals surface area (Å²) in [5.41, 5.74) is 6.91. The lowest BCUT2D eigenvalue weighted by atomic mass is 10.2. The fourth-order valence-corrected chi connectivity index (χ4v) is 1.43. The predicted octanol–water partition coefficient (Wildman–Crippen LogP) is 1.94. The van der Waals surface area contributed by atoms with Crippen LogP contribution in [0.15, 0.2) is 42.6 Å². The second-order valence-corrected chi connectivity index (χ2v) is 3.70. The molecule has 92 valence electrons. The second kappa shape index (κ2) is 5.18. The highest BCUT2D eigenvalue weighted by molar-refractivity contribution is 5.88. The molecule has 18 heavy (non-hydrogen) atoms. The molecule has 0 unspecified atom stereocenters. The van der Waals surface area contributed by atoms with E-state index in [-0.39, 0.29) is 17.1 Å². The molecule has 0 saturated carbocycles. The van der Waals surface area contributed by atoms with Crippen LogP contribution in [0.5, 0.6) is 5.88 Å². The molecule has 0 amide bonds. The Kier molecular flexibility index (Phi) is 3.43. The molecule has 0 radical (unpaired) electrons. The molecule has 0 atom stereocenters. The van der Waals surface area contributed by atoms with Gasteiger partial charge in [-0.15, -0.1) is 0 Å². The molecule has 2 aromatic rings. The monoisotopic (exact) mass is 244 g/mol. The molecule has 1 aromatic heterocycles. The lowest BCUT2D eigenvalue weighted by Gasteiger charge is -2.08. The third-order valence-electron chi connectivity index (χ3n) is 2.34. The number of anilines is 1. The van der Waals surface area contributed by atoms with Crippen molar-refractivity contribution in [3.05, 3.63) is 53.7 Å². The van der Waals surface area contributed by atoms with Crippen molar-refractivity contribution >= 4 is 11.7 Å². The number of carboxylic acids is 1. The topological polar surface area (TPSA) is 85.4 Å². The summed E-state index contributed by atoms with van der Waals surface area (Å²) < 4.78 is 5.43. The number of nitrogen functional groups attached to an aromatic ring is 1. The second-order valence-electron chi connectivity index (χ2n) is 3.70. The Labute approximate surface area is 104 Å². The van der Waals surface area contributed by atoms with Gasteiger partial charge in [0.25, 0.3) is 0 Å². The van der Waals surface area contributed by atoms with Crippen LogP contribution in [0, 0.1) is 0 Å². The van der Waals surface area contributed by atoms with E-state index in [1.165, 1.54) is 12.3 Å². The molecule has 0 saturated heterocycles. The molecule has 0 spiro atoms. The highest BCUT2D eigenvalue weighted by Crippen LogP contribution is 2.20. The van der Waals surface area contributed by atoms with Gasteiger partial charge in [0.1, 0.15) is 6.61 Å². The van der Waals surface area contributed by atoms with Crippen molar-refractivity contribution in [2.45, 2.75) is 6.61 Å². The first-order valence-electron chi connectivity index (χ1n) is 5.32. The Hall–Kier alpha value is -2.56. The van der Waals surface area contributed by atoms with Gasteiger partial charge in [-0.05, 0) is 11.6 Å². The minimum atomic E-state index is -1.07. The number of hydrogen-bond donors (Lipinski definition) is 2. The average molecular weight is 244 g/mol. The maximum Gasteiger partial charge on any atom is 0.337 e. The maximum atomic E-state index is 10.7. The van der Waals surface area contributed by atoms with Gasteiger partial charge < -0.3 is 15.6 Å². The summed E-state index contributed by atoms with van der Waals surface area (Å²) >= 11 is 0. The maximum absolute atomic E-state index is 10.7. The van der Waals surface area contributed by atoms with Crippen molar-refractivity contribution in [3.63, 3.8) is 0 Å². The van der Waals surface area contributed by atoms with Crippen molar-refractivity contribution in [3.8, 4) is 5.88 Å². The van der Waals surface area contributed by atoms with E-state index in [1.807, 2.05) is 30.3 Å². The van der Waals surface area contributed by atoms with E-state index in [0.717, 1.165) is 5.56 Å². The Morgan fingerprint density at radius 2 is 2.06 bits per heavy atom. The van der Waals surface area contributed by atoms with Gasteiger partial charge in [0.05, 0.1) is 11.3 Å². The first-order chi connectivity index (χ1) is 8.66. The molecular formula is C13H12N2O3. The van der Waals surface area contributed by atoms with E-state index in [2.05, 4.69) is 4.98 Å². The summed E-state index contributed by atoms with van der Waals surface area (Å²) in [7, 11) is 0. The van der Waals surface area contributed by atoms with Gasteiger partial charge in [0, 0.05) is 6.20 Å². The van der Waals surface area contributed by atoms with Crippen molar-refractivity contribution in [2.75, 3.05) is 5.73 Å². The van der Waals surface area contributed by atoms with Crippen LogP contribution >= 0.6 is 0 Å². The number of nitrogens with two attached hydrogens (primary N) is 1. The SMILES string of the molecule is Nc1cc(C(=O)O)cnc1OCc1ccccc1. The number of aromatic nitrogens is 1. The number of hydrogen-bond acceptors (Lipinski definition) is 4. The van der Waals surface area contributed by atoms with Crippen molar-refractivity contribution < 1.29 is 14.6 Å². The minimum Gasteiger partial charge on any atom is -0.478 e. The van der Waals surface area contributed by atoms with Crippen LogP contribution in [0.25, 0.3) is 0 Å². The Morgan fingerprint density at radius 3 is 2.67 bits per heavy atom. The summed E-state index contributed by atoms with van der Waals surface area (Å²) in [6.45, 7) is 0.338. The lowest BCUT2D eigenvalue weighted by molar-refractivity contribution is 0.0696. The molecule has 0 fully saturated rings. The zero-order chi connectivity index (χ0) is 13.0. The molecule has 1 heterocycles. The fourth-order valence-electron chi connectivity index (χ4n) is 1.43. The van der Waals surface area contributed by atoms with E-state index in [1.54, 1.807) is 0 Å². The summed E-state index contributed by atoms with van der Waals surface area (Å²) in [4.78, 5) is 14.6. The number of rotatable bonds is 4. The van der Waals surface area contributed by atoms with E-state index >= 15 is 0 Å². The summed E-state index contributed by atoms with van der Waals surface area (Å²) in [5.74, 6) is -0.826. The highest BCUT2D eigenvalue weighted by atomic mass is 16.5. The van der Waals surface area contributed by atoms with Crippen LogP contribution in [-0.4, -0.2) is 16.1 Å². The average Bonchev–Trinajstić information content (AvgIpc) is 2.38. The highest BCUT2D eigenvalue weighted by Gasteiger charge is 2.08. The lowest BCUT2D eigenvalue weighted by Crippen LogP contribution is -2.04. The molecule has 0 aliphatic rings. The molecular weight excluding hydrogens is 232 g/mol. The van der Waals surface area contributed by atoms with Gasteiger partial charge in [-0.25, -0.2) is 9.78 Å². The molecule has 0 aliphatic carbocycles. The zero-order valence-corrected chi connectivity index (χ0v) is 9.54. The van der Waals surface area contributed by atoms with Crippen molar-refractivity contribution in [1.82, 2.24) is 4.98 Å². The number of carboxylic acid groups (broad SMARTS) is 1. The fraction of sp³-hybridized carbons (Fsp3) is 0.0769. The van der Waals surface area contributed by atoms with E-state index < -0.39 is 5.97 Å². The van der Waals surface area contributed by atoms with Crippen molar-refractivity contribution in [2.24, 2.45) is 0 Å². The van der Waals surface area contributed by atoms with Gasteiger partial charge in [-0.3, -0.25) is 0 Å². The summed E-state index contributed by atoms with van der Waals surface area (Å²) in [5, 5.41) is 8.77. The van der Waals surface area contributed by atoms with Crippen LogP contribution in [0.1, 0.15) is 15.9 Å². The number of carbonyl (C=O) groups is 1. The number of pyridine rings is 1.